The zero-order chi connectivity index (χ0) is 22.1. The van der Waals surface area contributed by atoms with Gasteiger partial charge in [0.05, 0.1) is 18.6 Å². The summed E-state index contributed by atoms with van der Waals surface area (Å²) in [4.78, 5) is 0. The second-order valence-electron chi connectivity index (χ2n) is 8.47. The van der Waals surface area contributed by atoms with Gasteiger partial charge in [-0.2, -0.15) is 26.3 Å². The average molecular weight is 442 g/mol. The first-order valence-corrected chi connectivity index (χ1v) is 10.2. The smallest absolute Gasteiger partial charge is 0.344 e. The second-order valence-corrected chi connectivity index (χ2v) is 8.47. The molecule has 0 radical (unpaired) electrons. The third-order valence-electron chi connectivity index (χ3n) is 6.19. The van der Waals surface area contributed by atoms with Crippen LogP contribution in [0.2, 0.25) is 0 Å². The molecule has 11 heteroatoms. The van der Waals surface area contributed by atoms with E-state index < -0.39 is 36.8 Å². The normalized spacial score (nSPS) is 39.1. The van der Waals surface area contributed by atoms with Crippen LogP contribution in [0.4, 0.5) is 26.3 Å². The molecule has 3 aliphatic rings. The van der Waals surface area contributed by atoms with Crippen molar-refractivity contribution in [3.63, 3.8) is 0 Å². The van der Waals surface area contributed by atoms with Crippen molar-refractivity contribution in [2.24, 2.45) is 11.8 Å². The molecule has 2 saturated heterocycles. The fraction of sp³-hybridized carbons (Fsp3) is 0.895. The quantitative estimate of drug-likeness (QED) is 0.462. The number of nitrogens with zero attached hydrogens (tertiary/aromatic N) is 1. The highest BCUT2D eigenvalue weighted by Crippen LogP contribution is 2.40. The Labute approximate surface area is 172 Å². The van der Waals surface area contributed by atoms with Gasteiger partial charge < -0.3 is 4.74 Å². The van der Waals surface area contributed by atoms with Crippen LogP contribution in [0, 0.1) is 24.2 Å². The molecule has 0 spiro atoms. The number of halogens is 6. The molecule has 0 bridgehead atoms. The number of terminal acetylenes is 1. The maximum Gasteiger partial charge on any atom is 0.405 e. The first-order chi connectivity index (χ1) is 14.0. The van der Waals surface area contributed by atoms with Gasteiger partial charge in [-0.25, -0.2) is 10.4 Å². The summed E-state index contributed by atoms with van der Waals surface area (Å²) in [6, 6.07) is -1.72. The van der Waals surface area contributed by atoms with Crippen molar-refractivity contribution in [1.82, 2.24) is 21.1 Å². The van der Waals surface area contributed by atoms with Crippen molar-refractivity contribution in [2.45, 2.75) is 88.5 Å². The van der Waals surface area contributed by atoms with Crippen LogP contribution in [0.5, 0.6) is 0 Å². The van der Waals surface area contributed by atoms with E-state index in [0.29, 0.717) is 19.3 Å². The molecule has 1 aliphatic carbocycles. The Kier molecular flexibility index (Phi) is 7.24. The molecule has 5 nitrogen and oxygen atoms in total. The third-order valence-corrected chi connectivity index (χ3v) is 6.19. The molecule has 0 amide bonds. The first kappa shape index (κ1) is 23.6. The lowest BCUT2D eigenvalue weighted by molar-refractivity contribution is -0.185. The van der Waals surface area contributed by atoms with Gasteiger partial charge in [-0.05, 0) is 38.5 Å². The van der Waals surface area contributed by atoms with Crippen molar-refractivity contribution in [2.75, 3.05) is 6.54 Å². The second kappa shape index (κ2) is 9.20. The van der Waals surface area contributed by atoms with Crippen molar-refractivity contribution in [3.8, 4) is 12.3 Å². The highest BCUT2D eigenvalue weighted by molar-refractivity contribution is 4.94. The van der Waals surface area contributed by atoms with Crippen molar-refractivity contribution in [1.29, 1.82) is 0 Å². The monoisotopic (exact) mass is 442 g/mol. The molecule has 2 heterocycles. The van der Waals surface area contributed by atoms with E-state index in [1.807, 2.05) is 6.92 Å². The minimum absolute atomic E-state index is 0.00360. The molecule has 0 aromatic rings. The van der Waals surface area contributed by atoms with Crippen molar-refractivity contribution < 1.29 is 31.1 Å². The highest BCUT2D eigenvalue weighted by atomic mass is 19.4. The van der Waals surface area contributed by atoms with E-state index in [1.165, 1.54) is 5.01 Å². The van der Waals surface area contributed by atoms with E-state index in [1.54, 1.807) is 0 Å². The van der Waals surface area contributed by atoms with Crippen LogP contribution in [-0.2, 0) is 4.74 Å². The summed E-state index contributed by atoms with van der Waals surface area (Å²) in [5, 5.41) is 7.87. The molecular formula is C19H28F6N4O. The Balaban J connectivity index is 1.58. The summed E-state index contributed by atoms with van der Waals surface area (Å²) in [6.45, 7) is 1.89. The van der Waals surface area contributed by atoms with E-state index in [0.717, 1.165) is 0 Å². The zero-order valence-electron chi connectivity index (χ0n) is 16.7. The van der Waals surface area contributed by atoms with Gasteiger partial charge in [-0.1, -0.05) is 5.92 Å². The van der Waals surface area contributed by atoms with Crippen LogP contribution in [0.3, 0.4) is 0 Å². The number of rotatable bonds is 4. The van der Waals surface area contributed by atoms with Crippen molar-refractivity contribution >= 4 is 0 Å². The minimum atomic E-state index is -4.42. The fourth-order valence-corrected chi connectivity index (χ4v) is 4.60. The third kappa shape index (κ3) is 5.79. The number of hydrazine groups is 1. The van der Waals surface area contributed by atoms with E-state index in [4.69, 9.17) is 11.2 Å². The Hall–Kier alpha value is -1.06. The Bertz CT molecular complexity index is 614. The van der Waals surface area contributed by atoms with Gasteiger partial charge in [0.1, 0.15) is 18.5 Å². The van der Waals surface area contributed by atoms with Gasteiger partial charge in [0.2, 0.25) is 0 Å². The Morgan fingerprint density at radius 3 is 2.23 bits per heavy atom. The Morgan fingerprint density at radius 1 is 1.00 bits per heavy atom. The molecule has 0 aromatic carbocycles. The standard InChI is InChI=1S/C19H28F6N4O/c1-3-8-29-16(10-14(28-29)19(23,24)25)30-15-9-11(2)26-17(27-15)12-4-6-13(7-5-12)18(20,21)22/h1,11-17,26-28H,4-10H2,2H3. The molecule has 172 valence electrons. The van der Waals surface area contributed by atoms with Gasteiger partial charge >= 0.3 is 12.4 Å². The maximum atomic E-state index is 13.1. The zero-order valence-corrected chi connectivity index (χ0v) is 16.7. The summed E-state index contributed by atoms with van der Waals surface area (Å²) < 4.78 is 84.0. The first-order valence-electron chi connectivity index (χ1n) is 10.2. The largest absolute Gasteiger partial charge is 0.405 e. The summed E-state index contributed by atoms with van der Waals surface area (Å²) in [5.41, 5.74) is 2.37. The van der Waals surface area contributed by atoms with Crippen molar-refractivity contribution in [3.05, 3.63) is 0 Å². The molecule has 3 rings (SSSR count). The van der Waals surface area contributed by atoms with Crippen LogP contribution in [0.1, 0.15) is 45.4 Å². The summed E-state index contributed by atoms with van der Waals surface area (Å²) in [5.74, 6) is 1.07. The van der Waals surface area contributed by atoms with Crippen LogP contribution in [0.15, 0.2) is 0 Å². The summed E-state index contributed by atoms with van der Waals surface area (Å²) in [7, 11) is 0. The molecule has 1 saturated carbocycles. The van der Waals surface area contributed by atoms with Gasteiger partial charge in [-0.15, -0.1) is 6.42 Å². The van der Waals surface area contributed by atoms with Gasteiger partial charge in [0.15, 0.2) is 0 Å². The molecule has 5 unspecified atom stereocenters. The molecule has 2 aliphatic heterocycles. The van der Waals surface area contributed by atoms with E-state index in [9.17, 15) is 26.3 Å². The lowest BCUT2D eigenvalue weighted by Gasteiger charge is -2.43. The van der Waals surface area contributed by atoms with Crippen LogP contribution in [-0.4, -0.2) is 54.6 Å². The van der Waals surface area contributed by atoms with Gasteiger partial charge in [-0.3, -0.25) is 10.6 Å². The summed E-state index contributed by atoms with van der Waals surface area (Å²) >= 11 is 0. The predicted octanol–water partition coefficient (Wildman–Crippen LogP) is 3.10. The van der Waals surface area contributed by atoms with E-state index >= 15 is 0 Å². The average Bonchev–Trinajstić information content (AvgIpc) is 3.04. The molecule has 3 N–H and O–H groups in total. The predicted molar refractivity (Wildman–Crippen MR) is 97.4 cm³/mol. The maximum absolute atomic E-state index is 13.1. The molecule has 0 aromatic heterocycles. The fourth-order valence-electron chi connectivity index (χ4n) is 4.60. The number of hydrogen-bond acceptors (Lipinski definition) is 5. The van der Waals surface area contributed by atoms with Gasteiger partial charge in [0, 0.05) is 18.9 Å². The number of hydrogen-bond donors (Lipinski definition) is 3. The van der Waals surface area contributed by atoms with Gasteiger partial charge in [0.25, 0.3) is 0 Å². The van der Waals surface area contributed by atoms with Crippen LogP contribution >= 0.6 is 0 Å². The topological polar surface area (TPSA) is 48.6 Å². The lowest BCUT2D eigenvalue weighted by Crippen LogP contribution is -2.62. The number of alkyl halides is 6. The molecule has 3 fully saturated rings. The SMILES string of the molecule is C#CCN1NC(C(F)(F)F)CC1OC1CC(C)NC(C2CCC(C(F)(F)F)CC2)N1. The number of ether oxygens (including phenoxy) is 1. The minimum Gasteiger partial charge on any atom is -0.344 e. The van der Waals surface area contributed by atoms with E-state index in [2.05, 4.69) is 22.0 Å². The van der Waals surface area contributed by atoms with Crippen LogP contribution in [0.25, 0.3) is 0 Å². The molecule has 5 atom stereocenters. The van der Waals surface area contributed by atoms with E-state index in [-0.39, 0.29) is 43.9 Å². The Morgan fingerprint density at radius 2 is 1.67 bits per heavy atom. The number of nitrogens with one attached hydrogen (secondary N) is 3. The molecular weight excluding hydrogens is 414 g/mol. The highest BCUT2D eigenvalue weighted by Gasteiger charge is 2.49. The lowest BCUT2D eigenvalue weighted by atomic mass is 9.79. The van der Waals surface area contributed by atoms with Crippen LogP contribution < -0.4 is 16.1 Å². The summed E-state index contributed by atoms with van der Waals surface area (Å²) in [6.07, 6.45) is -3.67. The molecule has 30 heavy (non-hydrogen) atoms.